The third-order valence-corrected chi connectivity index (χ3v) is 15.6. The van der Waals surface area contributed by atoms with Crippen LogP contribution in [0, 0.1) is 46.3 Å². The van der Waals surface area contributed by atoms with Crippen molar-refractivity contribution in [2.45, 2.75) is 163 Å². The van der Waals surface area contributed by atoms with Crippen LogP contribution in [0.2, 0.25) is 0 Å². The first-order valence-corrected chi connectivity index (χ1v) is 30.1. The summed E-state index contributed by atoms with van der Waals surface area (Å²) in [7, 11) is 0. The lowest BCUT2D eigenvalue weighted by molar-refractivity contribution is 0.590. The van der Waals surface area contributed by atoms with Crippen molar-refractivity contribution in [1.82, 2.24) is 0 Å². The summed E-state index contributed by atoms with van der Waals surface area (Å²) in [5.74, 6) is 0.415. The van der Waals surface area contributed by atoms with E-state index in [1.807, 2.05) is 145 Å². The topological polar surface area (TPSA) is 0 Å². The number of hydrogen-bond acceptors (Lipinski definition) is 5. The van der Waals surface area contributed by atoms with Crippen molar-refractivity contribution in [2.75, 3.05) is 0 Å². The molecule has 0 bridgehead atoms. The van der Waals surface area contributed by atoms with Crippen molar-refractivity contribution in [1.29, 1.82) is 0 Å². The molecule has 0 spiro atoms. The average molecular weight is 1050 g/mol. The van der Waals surface area contributed by atoms with Gasteiger partial charge in [0, 0.05) is 18.8 Å². The fourth-order valence-electron chi connectivity index (χ4n) is 7.14. The molecule has 71 heavy (non-hydrogen) atoms. The van der Waals surface area contributed by atoms with Crippen LogP contribution < -0.4 is 0 Å². The van der Waals surface area contributed by atoms with E-state index in [0.717, 1.165) is 37.7 Å². The number of aryl methyl sites for hydroxylation is 6. The van der Waals surface area contributed by atoms with Gasteiger partial charge in [0.2, 0.25) is 0 Å². The summed E-state index contributed by atoms with van der Waals surface area (Å²) >= 11 is 8.52. The predicted octanol–water partition coefficient (Wildman–Crippen LogP) is 24.4. The quantitative estimate of drug-likeness (QED) is 0.162. The zero-order chi connectivity index (χ0) is 54.0. The van der Waals surface area contributed by atoms with E-state index in [1.165, 1.54) is 75.0 Å². The second kappa shape index (κ2) is 33.5. The molecule has 10 aromatic rings. The molecule has 0 fully saturated rings. The van der Waals surface area contributed by atoms with Gasteiger partial charge in [-0.3, -0.25) is 0 Å². The Morgan fingerprint density at radius 3 is 1.34 bits per heavy atom. The van der Waals surface area contributed by atoms with Crippen LogP contribution in [0.3, 0.4) is 0 Å². The van der Waals surface area contributed by atoms with Gasteiger partial charge < -0.3 is 0 Å². The van der Waals surface area contributed by atoms with Gasteiger partial charge in [-0.2, -0.15) is 0 Å². The molecule has 0 radical (unpaired) electrons. The summed E-state index contributed by atoms with van der Waals surface area (Å²) in [6, 6.07) is 31.4. The number of hydrogen-bond donors (Lipinski definition) is 0. The van der Waals surface area contributed by atoms with Crippen molar-refractivity contribution in [3.8, 4) is 0 Å². The van der Waals surface area contributed by atoms with Crippen molar-refractivity contribution in [3.05, 3.63) is 174 Å². The van der Waals surface area contributed by atoms with Crippen LogP contribution in [0.5, 0.6) is 0 Å². The first-order chi connectivity index (χ1) is 34.0. The molecule has 0 saturated carbocycles. The fraction of sp³-hybridized carbons (Fsp3) is 0.375. The molecule has 386 valence electrons. The van der Waals surface area contributed by atoms with E-state index in [4.69, 9.17) is 0 Å². The standard InChI is InChI=1S/C13H16S.C12H14S.C11H12S.2C9H7FS.5C2H6/c1-9-7-11(13(2,3)4)8-10-5-6-14-12(9)10;1-8(2)11-6-9(3)12-10(7-11)4-5-13-12;1-3-9-6-8(2)11-10(7-9)4-5-12-11;1-6-4-7-2-3-11-9(7)5-8(6)10;1-6-4-7-2-3-11-9(7)8(10)5-6;5*1-2/h5-8H,1-4H3;4-8H,1-3H3;4-7H,3H2,1-2H3;2*2-5H,1H3;5*1-2H3. The number of benzene rings is 5. The van der Waals surface area contributed by atoms with Gasteiger partial charge in [0.05, 0.1) is 4.70 Å². The average Bonchev–Trinajstić information content (AvgIpc) is 4.24. The summed E-state index contributed by atoms with van der Waals surface area (Å²) in [5, 5.41) is 16.7. The van der Waals surface area contributed by atoms with Gasteiger partial charge in [0.1, 0.15) is 11.6 Å². The summed E-state index contributed by atoms with van der Waals surface area (Å²) in [5.41, 5.74) is 10.5. The Kier molecular flexibility index (Phi) is 30.5. The molecule has 5 aromatic heterocycles. The van der Waals surface area contributed by atoms with Gasteiger partial charge in [-0.05, 0) is 205 Å². The summed E-state index contributed by atoms with van der Waals surface area (Å²) in [6.07, 6.45) is 1.13. The van der Waals surface area contributed by atoms with Gasteiger partial charge in [0.25, 0.3) is 0 Å². The summed E-state index contributed by atoms with van der Waals surface area (Å²) in [6.45, 7) is 43.8. The van der Waals surface area contributed by atoms with Crippen molar-refractivity contribution in [3.63, 3.8) is 0 Å². The van der Waals surface area contributed by atoms with Gasteiger partial charge in [-0.1, -0.05) is 147 Å². The maximum atomic E-state index is 13.1. The molecule has 0 aliphatic carbocycles. The van der Waals surface area contributed by atoms with E-state index in [1.54, 1.807) is 30.4 Å². The summed E-state index contributed by atoms with van der Waals surface area (Å²) < 4.78 is 32.1. The van der Waals surface area contributed by atoms with Gasteiger partial charge in [0.15, 0.2) is 0 Å². The number of thiophene rings is 5. The minimum absolute atomic E-state index is 0.102. The van der Waals surface area contributed by atoms with Crippen LogP contribution in [0.4, 0.5) is 8.78 Å². The molecule has 0 amide bonds. The molecule has 5 heterocycles. The Balaban J connectivity index is 0.000000425. The molecule has 5 aromatic carbocycles. The molecule has 0 atom stereocenters. The molecule has 0 unspecified atom stereocenters. The van der Waals surface area contributed by atoms with Gasteiger partial charge in [-0.15, -0.1) is 56.7 Å². The zero-order valence-electron chi connectivity index (χ0n) is 47.1. The zero-order valence-corrected chi connectivity index (χ0v) is 51.2. The minimum atomic E-state index is -0.111. The smallest absolute Gasteiger partial charge is 0.141 e. The second-order valence-electron chi connectivity index (χ2n) is 17.0. The van der Waals surface area contributed by atoms with E-state index >= 15 is 0 Å². The summed E-state index contributed by atoms with van der Waals surface area (Å²) in [4.78, 5) is 0. The fourth-order valence-corrected chi connectivity index (χ4v) is 11.3. The van der Waals surface area contributed by atoms with E-state index in [0.29, 0.717) is 5.92 Å². The van der Waals surface area contributed by atoms with Crippen LogP contribution >= 0.6 is 56.7 Å². The Bertz CT molecular complexity index is 2980. The highest BCUT2D eigenvalue weighted by molar-refractivity contribution is 7.18. The molecular formula is C64H86F2S5. The molecule has 10 rings (SSSR count). The SMILES string of the molecule is CC.CC.CC.CC.CC.CCc1cc(C)c2sccc2c1.Cc1cc(C(C)(C)C)cc2ccsc12.Cc1cc(C(C)C)cc2ccsc12.Cc1cc(F)c2sccc2c1.Cc1cc2ccsc2cc1F. The monoisotopic (exact) mass is 1050 g/mol. The normalized spacial score (nSPS) is 10.1. The van der Waals surface area contributed by atoms with Crippen molar-refractivity contribution >= 4 is 107 Å². The lowest BCUT2D eigenvalue weighted by Crippen LogP contribution is -2.10. The van der Waals surface area contributed by atoms with E-state index in [2.05, 4.69) is 133 Å². The second-order valence-corrected chi connectivity index (χ2v) is 21.6. The third kappa shape index (κ3) is 19.3. The molecule has 0 N–H and O–H groups in total. The van der Waals surface area contributed by atoms with Gasteiger partial charge in [-0.25, -0.2) is 8.78 Å². The van der Waals surface area contributed by atoms with Crippen molar-refractivity contribution in [2.24, 2.45) is 0 Å². The highest BCUT2D eigenvalue weighted by Crippen LogP contribution is 2.32. The third-order valence-electron chi connectivity index (χ3n) is 10.6. The maximum Gasteiger partial charge on any atom is 0.141 e. The Hall–Kier alpha value is -4.24. The first-order valence-electron chi connectivity index (χ1n) is 25.7. The van der Waals surface area contributed by atoms with Crippen LogP contribution in [0.15, 0.2) is 118 Å². The van der Waals surface area contributed by atoms with Crippen LogP contribution in [0.1, 0.15) is 161 Å². The maximum absolute atomic E-state index is 13.1. The van der Waals surface area contributed by atoms with Crippen LogP contribution in [-0.4, -0.2) is 0 Å². The van der Waals surface area contributed by atoms with E-state index in [9.17, 15) is 8.78 Å². The minimum Gasteiger partial charge on any atom is -0.207 e. The molecule has 0 aliphatic heterocycles. The predicted molar refractivity (Wildman–Crippen MR) is 332 cm³/mol. The number of halogens is 2. The first kappa shape index (κ1) is 64.8. The highest BCUT2D eigenvalue weighted by Gasteiger charge is 2.15. The Labute approximate surface area is 449 Å². The van der Waals surface area contributed by atoms with Crippen LogP contribution in [-0.2, 0) is 11.8 Å². The number of fused-ring (bicyclic) bond motifs is 5. The molecule has 0 saturated heterocycles. The lowest BCUT2D eigenvalue weighted by atomic mass is 9.85. The number of rotatable bonds is 2. The largest absolute Gasteiger partial charge is 0.207 e. The van der Waals surface area contributed by atoms with Gasteiger partial charge >= 0.3 is 0 Å². The van der Waals surface area contributed by atoms with E-state index in [-0.39, 0.29) is 17.0 Å². The lowest BCUT2D eigenvalue weighted by Gasteiger charge is -2.19. The molecule has 0 aliphatic rings. The molecule has 0 nitrogen and oxygen atoms in total. The molecule has 7 heteroatoms. The van der Waals surface area contributed by atoms with E-state index < -0.39 is 0 Å². The molecular weight excluding hydrogens is 967 g/mol. The van der Waals surface area contributed by atoms with Crippen molar-refractivity contribution < 1.29 is 8.78 Å². The van der Waals surface area contributed by atoms with Crippen LogP contribution in [0.25, 0.3) is 50.4 Å². The highest BCUT2D eigenvalue weighted by atomic mass is 32.1. The Morgan fingerprint density at radius 1 is 0.423 bits per heavy atom. The Morgan fingerprint density at radius 2 is 0.845 bits per heavy atom.